The highest BCUT2D eigenvalue weighted by atomic mass is 127. The largest absolute Gasteiger partial charge is 0.403 e. The second kappa shape index (κ2) is 11.5. The van der Waals surface area contributed by atoms with Gasteiger partial charge in [0.05, 0.1) is 0 Å². The van der Waals surface area contributed by atoms with Crippen LogP contribution in [0.3, 0.4) is 0 Å². The Morgan fingerprint density at radius 2 is 1.93 bits per heavy atom. The maximum atomic E-state index is 12.8. The topological polar surface area (TPSA) is 72.9 Å². The van der Waals surface area contributed by atoms with Crippen molar-refractivity contribution in [3.05, 3.63) is 23.9 Å². The molecule has 29 heavy (non-hydrogen) atoms. The quantitative estimate of drug-likeness (QED) is 0.349. The summed E-state index contributed by atoms with van der Waals surface area (Å²) < 4.78 is 38.5. The van der Waals surface area contributed by atoms with Gasteiger partial charge in [0.1, 0.15) is 11.9 Å². The molecule has 1 unspecified atom stereocenters. The molecule has 2 heterocycles. The van der Waals surface area contributed by atoms with Gasteiger partial charge in [-0.3, -0.25) is 14.7 Å². The van der Waals surface area contributed by atoms with Crippen LogP contribution in [-0.2, 0) is 4.79 Å². The van der Waals surface area contributed by atoms with E-state index in [1.54, 1.807) is 13.1 Å². The molecule has 11 heteroatoms. The monoisotopic (exact) mass is 528 g/mol. The van der Waals surface area contributed by atoms with Crippen molar-refractivity contribution >= 4 is 41.7 Å². The van der Waals surface area contributed by atoms with E-state index < -0.39 is 12.2 Å². The number of guanidine groups is 1. The average molecular weight is 528 g/mol. The SMILES string of the molecule is CN=C(NCCC(=O)Nc1cccc(C)n1)N1CCN(C(C)C(F)(F)F)CC1.I. The fourth-order valence-corrected chi connectivity index (χ4v) is 2.97. The lowest BCUT2D eigenvalue weighted by Crippen LogP contribution is -2.56. The number of halogens is 4. The van der Waals surface area contributed by atoms with Gasteiger partial charge in [-0.05, 0) is 26.0 Å². The van der Waals surface area contributed by atoms with E-state index >= 15 is 0 Å². The number of piperazine rings is 1. The lowest BCUT2D eigenvalue weighted by atomic mass is 10.2. The number of carbonyl (C=O) groups excluding carboxylic acids is 1. The number of nitrogens with zero attached hydrogens (tertiary/aromatic N) is 4. The summed E-state index contributed by atoms with van der Waals surface area (Å²) in [5, 5.41) is 5.83. The Hall–Kier alpha value is -1.63. The fourth-order valence-electron chi connectivity index (χ4n) is 2.97. The van der Waals surface area contributed by atoms with Gasteiger partial charge in [-0.25, -0.2) is 4.98 Å². The fraction of sp³-hybridized carbons (Fsp3) is 0.611. The lowest BCUT2D eigenvalue weighted by Gasteiger charge is -2.39. The van der Waals surface area contributed by atoms with Gasteiger partial charge in [0.2, 0.25) is 5.91 Å². The minimum atomic E-state index is -4.22. The third-order valence-electron chi connectivity index (χ3n) is 4.64. The molecular formula is C18H28F3IN6O. The number of aryl methyl sites for hydroxylation is 1. The van der Waals surface area contributed by atoms with Gasteiger partial charge in [0.25, 0.3) is 0 Å². The summed E-state index contributed by atoms with van der Waals surface area (Å²) in [5.74, 6) is 0.912. The summed E-state index contributed by atoms with van der Waals surface area (Å²) in [6.45, 7) is 4.89. The Balaban J connectivity index is 0.00000420. The van der Waals surface area contributed by atoms with Crippen LogP contribution < -0.4 is 10.6 Å². The number of hydrogen-bond donors (Lipinski definition) is 2. The Morgan fingerprint density at radius 1 is 1.28 bits per heavy atom. The van der Waals surface area contributed by atoms with Gasteiger partial charge in [0, 0.05) is 51.9 Å². The molecule has 7 nitrogen and oxygen atoms in total. The molecule has 1 amide bonds. The second-order valence-electron chi connectivity index (χ2n) is 6.68. The van der Waals surface area contributed by atoms with Gasteiger partial charge in [0.15, 0.2) is 5.96 Å². The number of rotatable bonds is 5. The summed E-state index contributed by atoms with van der Waals surface area (Å²) in [6.07, 6.45) is -4.00. The van der Waals surface area contributed by atoms with Crippen molar-refractivity contribution in [3.8, 4) is 0 Å². The van der Waals surface area contributed by atoms with Crippen LogP contribution in [0.1, 0.15) is 19.0 Å². The van der Waals surface area contributed by atoms with Crippen molar-refractivity contribution in [2.24, 2.45) is 4.99 Å². The van der Waals surface area contributed by atoms with Crippen molar-refractivity contribution in [2.45, 2.75) is 32.5 Å². The molecule has 1 aromatic heterocycles. The number of anilines is 1. The van der Waals surface area contributed by atoms with E-state index in [0.29, 0.717) is 44.5 Å². The van der Waals surface area contributed by atoms with Crippen molar-refractivity contribution in [2.75, 3.05) is 45.1 Å². The Morgan fingerprint density at radius 3 is 2.48 bits per heavy atom. The molecule has 1 aliphatic heterocycles. The molecule has 0 aromatic carbocycles. The number of pyridine rings is 1. The number of carbonyl (C=O) groups is 1. The predicted molar refractivity (Wildman–Crippen MR) is 118 cm³/mol. The number of amides is 1. The highest BCUT2D eigenvalue weighted by molar-refractivity contribution is 14.0. The van der Waals surface area contributed by atoms with Crippen LogP contribution in [0.2, 0.25) is 0 Å². The first-order chi connectivity index (χ1) is 13.2. The number of aromatic nitrogens is 1. The van der Waals surface area contributed by atoms with Crippen molar-refractivity contribution < 1.29 is 18.0 Å². The Bertz CT molecular complexity index is 692. The van der Waals surface area contributed by atoms with Gasteiger partial charge in [-0.1, -0.05) is 6.07 Å². The maximum absolute atomic E-state index is 12.8. The van der Waals surface area contributed by atoms with Gasteiger partial charge in [-0.15, -0.1) is 24.0 Å². The zero-order valence-corrected chi connectivity index (χ0v) is 19.1. The molecule has 1 fully saturated rings. The van der Waals surface area contributed by atoms with Crippen LogP contribution in [0.15, 0.2) is 23.2 Å². The first-order valence-corrected chi connectivity index (χ1v) is 9.20. The molecular weight excluding hydrogens is 500 g/mol. The molecule has 0 radical (unpaired) electrons. The van der Waals surface area contributed by atoms with Crippen LogP contribution in [0.4, 0.5) is 19.0 Å². The number of nitrogens with one attached hydrogen (secondary N) is 2. The van der Waals surface area contributed by atoms with Gasteiger partial charge in [-0.2, -0.15) is 13.2 Å². The van der Waals surface area contributed by atoms with Crippen LogP contribution in [0, 0.1) is 6.92 Å². The zero-order chi connectivity index (χ0) is 20.7. The number of alkyl halides is 3. The molecule has 1 atom stereocenters. The van der Waals surface area contributed by atoms with Gasteiger partial charge >= 0.3 is 6.18 Å². The van der Waals surface area contributed by atoms with Crippen molar-refractivity contribution in [3.63, 3.8) is 0 Å². The van der Waals surface area contributed by atoms with Crippen LogP contribution in [0.25, 0.3) is 0 Å². The van der Waals surface area contributed by atoms with E-state index in [1.807, 2.05) is 24.0 Å². The third-order valence-corrected chi connectivity index (χ3v) is 4.64. The first-order valence-electron chi connectivity index (χ1n) is 9.20. The number of aliphatic imine (C=N–C) groups is 1. The normalized spacial score (nSPS) is 16.8. The highest BCUT2D eigenvalue weighted by Crippen LogP contribution is 2.25. The van der Waals surface area contributed by atoms with E-state index in [1.165, 1.54) is 11.8 Å². The minimum Gasteiger partial charge on any atom is -0.356 e. The van der Waals surface area contributed by atoms with Gasteiger partial charge < -0.3 is 15.5 Å². The molecule has 0 bridgehead atoms. The number of hydrogen-bond acceptors (Lipinski definition) is 4. The zero-order valence-electron chi connectivity index (χ0n) is 16.8. The Kier molecular flexibility index (Phi) is 10.1. The summed E-state index contributed by atoms with van der Waals surface area (Å²) >= 11 is 0. The summed E-state index contributed by atoms with van der Waals surface area (Å²) in [6, 6.07) is 3.93. The predicted octanol–water partition coefficient (Wildman–Crippen LogP) is 2.48. The van der Waals surface area contributed by atoms with Crippen LogP contribution in [-0.4, -0.2) is 78.6 Å². The minimum absolute atomic E-state index is 0. The van der Waals surface area contributed by atoms with E-state index in [4.69, 9.17) is 0 Å². The molecule has 164 valence electrons. The van der Waals surface area contributed by atoms with Crippen LogP contribution in [0.5, 0.6) is 0 Å². The lowest BCUT2D eigenvalue weighted by molar-refractivity contribution is -0.181. The molecule has 1 saturated heterocycles. The third kappa shape index (κ3) is 7.96. The summed E-state index contributed by atoms with van der Waals surface area (Å²) in [7, 11) is 1.61. The van der Waals surface area contributed by atoms with Crippen molar-refractivity contribution in [1.29, 1.82) is 0 Å². The van der Waals surface area contributed by atoms with E-state index in [-0.39, 0.29) is 36.3 Å². The Labute approximate surface area is 186 Å². The van der Waals surface area contributed by atoms with E-state index in [0.717, 1.165) is 5.69 Å². The van der Waals surface area contributed by atoms with Crippen molar-refractivity contribution in [1.82, 2.24) is 20.1 Å². The summed E-state index contributed by atoms with van der Waals surface area (Å²) in [4.78, 5) is 23.7. The standard InChI is InChI=1S/C18H27F3N6O.HI/c1-13-5-4-6-15(24-13)25-16(28)7-8-23-17(22-3)27-11-9-26(10-12-27)14(2)18(19,20)21;/h4-6,14H,7-12H2,1-3H3,(H,22,23)(H,24,25,28);1H. The maximum Gasteiger partial charge on any atom is 0.403 e. The van der Waals surface area contributed by atoms with E-state index in [2.05, 4.69) is 20.6 Å². The highest BCUT2D eigenvalue weighted by Gasteiger charge is 2.41. The van der Waals surface area contributed by atoms with Crippen LogP contribution >= 0.6 is 24.0 Å². The molecule has 2 N–H and O–H groups in total. The average Bonchev–Trinajstić information content (AvgIpc) is 2.64. The summed E-state index contributed by atoms with van der Waals surface area (Å²) in [5.41, 5.74) is 0.815. The molecule has 1 aliphatic rings. The second-order valence-corrected chi connectivity index (χ2v) is 6.68. The molecule has 0 saturated carbocycles. The molecule has 0 spiro atoms. The smallest absolute Gasteiger partial charge is 0.356 e. The molecule has 1 aromatic rings. The molecule has 0 aliphatic carbocycles. The molecule has 2 rings (SSSR count). The first kappa shape index (κ1) is 25.4. The van der Waals surface area contributed by atoms with E-state index in [9.17, 15) is 18.0 Å².